The van der Waals surface area contributed by atoms with E-state index >= 15 is 0 Å². The van der Waals surface area contributed by atoms with Gasteiger partial charge in [-0.2, -0.15) is 0 Å². The Balaban J connectivity index is 2.07. The molecule has 0 radical (unpaired) electrons. The average molecular weight is 290 g/mol. The largest absolute Gasteiger partial charge is 0.479 e. The van der Waals surface area contributed by atoms with Crippen molar-refractivity contribution >= 4 is 16.9 Å². The Kier molecular flexibility index (Phi) is 5.36. The van der Waals surface area contributed by atoms with Crippen molar-refractivity contribution in [3.05, 3.63) is 36.0 Å². The van der Waals surface area contributed by atoms with Crippen LogP contribution in [0.5, 0.6) is 0 Å². The molecule has 0 aliphatic carbocycles. The smallest absolute Gasteiger partial charge is 0.333 e. The topological polar surface area (TPSA) is 74.3 Å². The summed E-state index contributed by atoms with van der Waals surface area (Å²) < 4.78 is 5.66. The van der Waals surface area contributed by atoms with E-state index in [9.17, 15) is 9.90 Å². The molecule has 3 N–H and O–H groups in total. The van der Waals surface area contributed by atoms with Crippen LogP contribution in [0.2, 0.25) is 0 Å². The number of carboxylic acids is 1. The SMILES string of the molecule is CCNCC(C)O[C@@H](Cc1c[nH]c2ccccc12)C(=O)O. The maximum Gasteiger partial charge on any atom is 0.333 e. The molecule has 21 heavy (non-hydrogen) atoms. The molecule has 1 aromatic heterocycles. The molecule has 1 aromatic carbocycles. The molecule has 0 aliphatic rings. The van der Waals surface area contributed by atoms with Crippen LogP contribution in [0.1, 0.15) is 19.4 Å². The number of aromatic amines is 1. The van der Waals surface area contributed by atoms with Crippen molar-refractivity contribution in [2.75, 3.05) is 13.1 Å². The van der Waals surface area contributed by atoms with E-state index in [-0.39, 0.29) is 6.10 Å². The van der Waals surface area contributed by atoms with Crippen LogP contribution >= 0.6 is 0 Å². The van der Waals surface area contributed by atoms with E-state index < -0.39 is 12.1 Å². The van der Waals surface area contributed by atoms with Crippen LogP contribution in [0.25, 0.3) is 10.9 Å². The quantitative estimate of drug-likeness (QED) is 0.696. The molecule has 114 valence electrons. The number of rotatable bonds is 8. The van der Waals surface area contributed by atoms with Gasteiger partial charge in [-0.25, -0.2) is 4.79 Å². The van der Waals surface area contributed by atoms with Crippen molar-refractivity contribution in [1.82, 2.24) is 10.3 Å². The Morgan fingerprint density at radius 2 is 2.19 bits per heavy atom. The molecule has 0 fully saturated rings. The molecule has 2 atom stereocenters. The zero-order valence-corrected chi connectivity index (χ0v) is 12.4. The summed E-state index contributed by atoms with van der Waals surface area (Å²) in [5.74, 6) is -0.927. The number of aromatic nitrogens is 1. The number of H-pyrrole nitrogens is 1. The minimum atomic E-state index is -0.927. The molecule has 1 unspecified atom stereocenters. The fraction of sp³-hybridized carbons (Fsp3) is 0.438. The van der Waals surface area contributed by atoms with Gasteiger partial charge < -0.3 is 20.1 Å². The predicted molar refractivity (Wildman–Crippen MR) is 82.5 cm³/mol. The molecule has 0 aliphatic heterocycles. The van der Waals surface area contributed by atoms with Crippen LogP contribution in [0, 0.1) is 0 Å². The van der Waals surface area contributed by atoms with Gasteiger partial charge in [0.25, 0.3) is 0 Å². The number of hydrogen-bond donors (Lipinski definition) is 3. The predicted octanol–water partition coefficient (Wildman–Crippen LogP) is 2.18. The third-order valence-corrected chi connectivity index (χ3v) is 3.43. The van der Waals surface area contributed by atoms with E-state index in [1.165, 1.54) is 0 Å². The van der Waals surface area contributed by atoms with Crippen molar-refractivity contribution in [1.29, 1.82) is 0 Å². The van der Waals surface area contributed by atoms with Gasteiger partial charge in [-0.15, -0.1) is 0 Å². The van der Waals surface area contributed by atoms with Gasteiger partial charge in [0.05, 0.1) is 6.10 Å². The van der Waals surface area contributed by atoms with E-state index in [2.05, 4.69) is 10.3 Å². The zero-order chi connectivity index (χ0) is 15.2. The van der Waals surface area contributed by atoms with E-state index in [4.69, 9.17) is 4.74 Å². The standard InChI is InChI=1S/C16H22N2O3/c1-3-17-9-11(2)21-15(16(19)20)8-12-10-18-14-7-5-4-6-13(12)14/h4-7,10-11,15,17-18H,3,8-9H2,1-2H3,(H,19,20)/t11?,15-/m0/s1. The average Bonchev–Trinajstić information content (AvgIpc) is 2.87. The van der Waals surface area contributed by atoms with Crippen molar-refractivity contribution < 1.29 is 14.6 Å². The second-order valence-electron chi connectivity index (χ2n) is 5.14. The van der Waals surface area contributed by atoms with Crippen LogP contribution in [-0.2, 0) is 16.0 Å². The maximum atomic E-state index is 11.4. The Labute approximate surface area is 124 Å². The number of carbonyl (C=O) groups is 1. The highest BCUT2D eigenvalue weighted by molar-refractivity contribution is 5.84. The summed E-state index contributed by atoms with van der Waals surface area (Å²) in [5, 5.41) is 13.6. The Hall–Kier alpha value is -1.85. The maximum absolute atomic E-state index is 11.4. The van der Waals surface area contributed by atoms with Gasteiger partial charge in [-0.1, -0.05) is 25.1 Å². The lowest BCUT2D eigenvalue weighted by Gasteiger charge is -2.19. The van der Waals surface area contributed by atoms with Crippen LogP contribution in [0.15, 0.2) is 30.5 Å². The second-order valence-corrected chi connectivity index (χ2v) is 5.14. The van der Waals surface area contributed by atoms with Crippen LogP contribution in [-0.4, -0.2) is 41.4 Å². The zero-order valence-electron chi connectivity index (χ0n) is 12.4. The van der Waals surface area contributed by atoms with Crippen LogP contribution < -0.4 is 5.32 Å². The highest BCUT2D eigenvalue weighted by Gasteiger charge is 2.22. The summed E-state index contributed by atoms with van der Waals surface area (Å²) in [6.07, 6.45) is 1.24. The first-order chi connectivity index (χ1) is 10.1. The first kappa shape index (κ1) is 15.5. The highest BCUT2D eigenvalue weighted by atomic mass is 16.5. The van der Waals surface area contributed by atoms with Gasteiger partial charge in [-0.05, 0) is 25.1 Å². The third-order valence-electron chi connectivity index (χ3n) is 3.43. The van der Waals surface area contributed by atoms with Gasteiger partial charge >= 0.3 is 5.97 Å². The molecule has 2 rings (SSSR count). The normalized spacial score (nSPS) is 14.2. The van der Waals surface area contributed by atoms with Gasteiger partial charge in [-0.3, -0.25) is 0 Å². The lowest BCUT2D eigenvalue weighted by Crippen LogP contribution is -2.35. The Morgan fingerprint density at radius 3 is 2.90 bits per heavy atom. The minimum absolute atomic E-state index is 0.142. The van der Waals surface area contributed by atoms with E-state index in [0.29, 0.717) is 13.0 Å². The van der Waals surface area contributed by atoms with Crippen molar-refractivity contribution in [3.8, 4) is 0 Å². The van der Waals surface area contributed by atoms with E-state index in [1.54, 1.807) is 0 Å². The number of fused-ring (bicyclic) bond motifs is 1. The number of carboxylic acid groups (broad SMARTS) is 1. The fourth-order valence-electron chi connectivity index (χ4n) is 2.37. The molecule has 5 nitrogen and oxygen atoms in total. The molecule has 5 heteroatoms. The van der Waals surface area contributed by atoms with Gasteiger partial charge in [0, 0.05) is 30.1 Å². The molecular formula is C16H22N2O3. The van der Waals surface area contributed by atoms with Gasteiger partial charge in [0.1, 0.15) is 0 Å². The molecule has 0 bridgehead atoms. The number of aliphatic carboxylic acids is 1. The summed E-state index contributed by atoms with van der Waals surface area (Å²) in [7, 11) is 0. The molecule has 0 spiro atoms. The van der Waals surface area contributed by atoms with Crippen molar-refractivity contribution in [2.24, 2.45) is 0 Å². The minimum Gasteiger partial charge on any atom is -0.479 e. The number of likely N-dealkylation sites (N-methyl/N-ethyl adjacent to an activating group) is 1. The van der Waals surface area contributed by atoms with Crippen molar-refractivity contribution in [2.45, 2.75) is 32.5 Å². The van der Waals surface area contributed by atoms with Crippen LogP contribution in [0.4, 0.5) is 0 Å². The molecule has 0 saturated carbocycles. The molecular weight excluding hydrogens is 268 g/mol. The number of para-hydroxylation sites is 1. The molecule has 2 aromatic rings. The molecule has 0 saturated heterocycles. The Morgan fingerprint density at radius 1 is 1.43 bits per heavy atom. The first-order valence-electron chi connectivity index (χ1n) is 7.25. The summed E-state index contributed by atoms with van der Waals surface area (Å²) in [5.41, 5.74) is 1.98. The number of benzene rings is 1. The fourth-order valence-corrected chi connectivity index (χ4v) is 2.37. The third kappa shape index (κ3) is 4.06. The van der Waals surface area contributed by atoms with Crippen LogP contribution in [0.3, 0.4) is 0 Å². The van der Waals surface area contributed by atoms with Gasteiger partial charge in [0.15, 0.2) is 6.10 Å². The molecule has 0 amide bonds. The summed E-state index contributed by atoms with van der Waals surface area (Å²) >= 11 is 0. The Bertz CT molecular complexity index is 594. The summed E-state index contributed by atoms with van der Waals surface area (Å²) in [6.45, 7) is 5.38. The number of ether oxygens (including phenoxy) is 1. The molecule has 1 heterocycles. The van der Waals surface area contributed by atoms with Crippen molar-refractivity contribution in [3.63, 3.8) is 0 Å². The lowest BCUT2D eigenvalue weighted by molar-refractivity contribution is -0.153. The number of hydrogen-bond acceptors (Lipinski definition) is 3. The first-order valence-corrected chi connectivity index (χ1v) is 7.25. The van der Waals surface area contributed by atoms with Gasteiger partial charge in [0.2, 0.25) is 0 Å². The summed E-state index contributed by atoms with van der Waals surface area (Å²) in [4.78, 5) is 14.6. The van der Waals surface area contributed by atoms with E-state index in [1.807, 2.05) is 44.3 Å². The van der Waals surface area contributed by atoms with E-state index in [0.717, 1.165) is 23.0 Å². The monoisotopic (exact) mass is 290 g/mol. The number of nitrogens with one attached hydrogen (secondary N) is 2. The second kappa shape index (κ2) is 7.24. The summed E-state index contributed by atoms with van der Waals surface area (Å²) in [6, 6.07) is 7.86. The highest BCUT2D eigenvalue weighted by Crippen LogP contribution is 2.20. The lowest BCUT2D eigenvalue weighted by atomic mass is 10.1.